The van der Waals surface area contributed by atoms with E-state index in [0.717, 1.165) is 25.7 Å². The number of nitrogens with one attached hydrogen (secondary N) is 1. The molecule has 0 saturated carbocycles. The summed E-state index contributed by atoms with van der Waals surface area (Å²) in [7, 11) is -3.16. The fourth-order valence-corrected chi connectivity index (χ4v) is 3.26. The minimum Gasteiger partial charge on any atom is -0.377 e. The van der Waals surface area contributed by atoms with Gasteiger partial charge in [0.1, 0.15) is 0 Å². The van der Waals surface area contributed by atoms with Crippen LogP contribution >= 0.6 is 0 Å². The summed E-state index contributed by atoms with van der Waals surface area (Å²) in [6.45, 7) is 5.43. The Hall–Kier alpha value is -0.130. The molecule has 0 aromatic carbocycles. The minimum atomic E-state index is -3.16. The highest BCUT2D eigenvalue weighted by Gasteiger charge is 2.23. The highest BCUT2D eigenvalue weighted by molar-refractivity contribution is 7.89. The van der Waals surface area contributed by atoms with Gasteiger partial charge in [0.2, 0.25) is 10.0 Å². The summed E-state index contributed by atoms with van der Waals surface area (Å²) in [4.78, 5) is 0. The van der Waals surface area contributed by atoms with Crippen LogP contribution in [0.15, 0.2) is 0 Å². The third-order valence-corrected chi connectivity index (χ3v) is 4.59. The van der Waals surface area contributed by atoms with Crippen molar-refractivity contribution >= 4 is 10.0 Å². The molecule has 16 heavy (non-hydrogen) atoms. The first-order valence-electron chi connectivity index (χ1n) is 6.16. The Morgan fingerprint density at radius 1 is 1.38 bits per heavy atom. The molecule has 0 amide bonds. The van der Waals surface area contributed by atoms with E-state index >= 15 is 0 Å². The van der Waals surface area contributed by atoms with Crippen molar-refractivity contribution in [1.82, 2.24) is 4.72 Å². The lowest BCUT2D eigenvalue weighted by Gasteiger charge is -2.15. The van der Waals surface area contributed by atoms with Crippen molar-refractivity contribution in [1.29, 1.82) is 0 Å². The number of rotatable bonds is 7. The van der Waals surface area contributed by atoms with Crippen LogP contribution in [0.25, 0.3) is 0 Å². The summed E-state index contributed by atoms with van der Waals surface area (Å²) in [6.07, 6.45) is 3.77. The average Bonchev–Trinajstić information content (AvgIpc) is 2.71. The summed E-state index contributed by atoms with van der Waals surface area (Å²) in [5.74, 6) is 0.562. The van der Waals surface area contributed by atoms with Gasteiger partial charge in [-0.3, -0.25) is 0 Å². The van der Waals surface area contributed by atoms with Gasteiger partial charge < -0.3 is 4.74 Å². The zero-order valence-electron chi connectivity index (χ0n) is 10.2. The maximum Gasteiger partial charge on any atom is 0.214 e. The molecule has 1 aliphatic heterocycles. The SMILES string of the molecule is CCC(CC)CNS(=O)(=O)CC1CCCO1. The van der Waals surface area contributed by atoms with Crippen LogP contribution in [0, 0.1) is 5.92 Å². The summed E-state index contributed by atoms with van der Waals surface area (Å²) in [5, 5.41) is 0. The third-order valence-electron chi connectivity index (χ3n) is 3.18. The second kappa shape index (κ2) is 6.57. The molecule has 0 aromatic rings. The topological polar surface area (TPSA) is 55.4 Å². The lowest BCUT2D eigenvalue weighted by molar-refractivity contribution is 0.127. The highest BCUT2D eigenvalue weighted by Crippen LogP contribution is 2.14. The molecule has 0 bridgehead atoms. The van der Waals surface area contributed by atoms with Gasteiger partial charge >= 0.3 is 0 Å². The van der Waals surface area contributed by atoms with E-state index in [1.54, 1.807) is 0 Å². The molecule has 0 aromatic heterocycles. The van der Waals surface area contributed by atoms with Gasteiger partial charge in [-0.1, -0.05) is 26.7 Å². The van der Waals surface area contributed by atoms with E-state index in [-0.39, 0.29) is 11.9 Å². The summed E-state index contributed by atoms with van der Waals surface area (Å²) in [6, 6.07) is 0. The zero-order chi connectivity index (χ0) is 12.0. The van der Waals surface area contributed by atoms with Crippen LogP contribution in [0.3, 0.4) is 0 Å². The van der Waals surface area contributed by atoms with Gasteiger partial charge in [0.05, 0.1) is 11.9 Å². The molecule has 1 aliphatic rings. The summed E-state index contributed by atoms with van der Waals surface area (Å²) in [5.41, 5.74) is 0. The van der Waals surface area contributed by atoms with Gasteiger partial charge in [0.25, 0.3) is 0 Å². The van der Waals surface area contributed by atoms with Crippen LogP contribution in [0.2, 0.25) is 0 Å². The molecule has 1 unspecified atom stereocenters. The summed E-state index contributed by atoms with van der Waals surface area (Å²) >= 11 is 0. The molecule has 1 heterocycles. The predicted molar refractivity (Wildman–Crippen MR) is 64.8 cm³/mol. The van der Waals surface area contributed by atoms with Gasteiger partial charge in [-0.05, 0) is 18.8 Å². The molecule has 1 fully saturated rings. The normalized spacial score (nSPS) is 21.8. The first-order valence-corrected chi connectivity index (χ1v) is 7.81. The molecular formula is C11H23NO3S. The monoisotopic (exact) mass is 249 g/mol. The molecule has 0 radical (unpaired) electrons. The Bertz CT molecular complexity index is 280. The Kier molecular flexibility index (Phi) is 5.72. The van der Waals surface area contributed by atoms with Crippen molar-refractivity contribution in [3.05, 3.63) is 0 Å². The van der Waals surface area contributed by atoms with Crippen LogP contribution in [0.1, 0.15) is 39.5 Å². The van der Waals surface area contributed by atoms with Crippen molar-refractivity contribution in [3.8, 4) is 0 Å². The van der Waals surface area contributed by atoms with Crippen LogP contribution in [0.5, 0.6) is 0 Å². The quantitative estimate of drug-likeness (QED) is 0.744. The van der Waals surface area contributed by atoms with E-state index in [1.807, 2.05) is 0 Å². The Morgan fingerprint density at radius 3 is 2.56 bits per heavy atom. The number of ether oxygens (including phenoxy) is 1. The number of hydrogen-bond acceptors (Lipinski definition) is 3. The van der Waals surface area contributed by atoms with E-state index in [0.29, 0.717) is 19.1 Å². The van der Waals surface area contributed by atoms with Gasteiger partial charge in [-0.2, -0.15) is 0 Å². The van der Waals surface area contributed by atoms with E-state index in [4.69, 9.17) is 4.74 Å². The Balaban J connectivity index is 2.33. The number of hydrogen-bond donors (Lipinski definition) is 1. The van der Waals surface area contributed by atoms with E-state index in [1.165, 1.54) is 0 Å². The molecule has 1 atom stereocenters. The van der Waals surface area contributed by atoms with Crippen LogP contribution < -0.4 is 4.72 Å². The molecular weight excluding hydrogens is 226 g/mol. The van der Waals surface area contributed by atoms with Crippen LogP contribution in [0.4, 0.5) is 0 Å². The molecule has 1 N–H and O–H groups in total. The van der Waals surface area contributed by atoms with Crippen molar-refractivity contribution in [3.63, 3.8) is 0 Å². The molecule has 0 aliphatic carbocycles. The fourth-order valence-electron chi connectivity index (χ4n) is 1.90. The molecule has 1 rings (SSSR count). The smallest absolute Gasteiger partial charge is 0.214 e. The molecule has 1 saturated heterocycles. The van der Waals surface area contributed by atoms with Crippen LogP contribution in [-0.4, -0.2) is 33.4 Å². The fraction of sp³-hybridized carbons (Fsp3) is 1.00. The van der Waals surface area contributed by atoms with Crippen molar-refractivity contribution < 1.29 is 13.2 Å². The Morgan fingerprint density at radius 2 is 2.06 bits per heavy atom. The van der Waals surface area contributed by atoms with Crippen molar-refractivity contribution in [2.45, 2.75) is 45.6 Å². The molecule has 0 spiro atoms. The number of sulfonamides is 1. The maximum atomic E-state index is 11.7. The minimum absolute atomic E-state index is 0.0980. The zero-order valence-corrected chi connectivity index (χ0v) is 11.1. The molecule has 96 valence electrons. The molecule has 4 nitrogen and oxygen atoms in total. The average molecular weight is 249 g/mol. The predicted octanol–water partition coefficient (Wildman–Crippen LogP) is 1.52. The Labute approximate surface area is 98.8 Å². The molecule has 5 heteroatoms. The maximum absolute atomic E-state index is 11.7. The largest absolute Gasteiger partial charge is 0.377 e. The third kappa shape index (κ3) is 4.80. The second-order valence-corrected chi connectivity index (χ2v) is 6.30. The van der Waals surface area contributed by atoms with Gasteiger partial charge in [0, 0.05) is 13.2 Å². The second-order valence-electron chi connectivity index (χ2n) is 4.45. The van der Waals surface area contributed by atoms with Crippen LogP contribution in [-0.2, 0) is 14.8 Å². The van der Waals surface area contributed by atoms with E-state index in [2.05, 4.69) is 18.6 Å². The summed E-state index contributed by atoms with van der Waals surface area (Å²) < 4.78 is 31.5. The first kappa shape index (κ1) is 13.9. The van der Waals surface area contributed by atoms with E-state index < -0.39 is 10.0 Å². The van der Waals surface area contributed by atoms with E-state index in [9.17, 15) is 8.42 Å². The lowest BCUT2D eigenvalue weighted by atomic mass is 10.0. The van der Waals surface area contributed by atoms with Gasteiger partial charge in [-0.25, -0.2) is 13.1 Å². The lowest BCUT2D eigenvalue weighted by Crippen LogP contribution is -2.34. The van der Waals surface area contributed by atoms with Crippen molar-refractivity contribution in [2.75, 3.05) is 18.9 Å². The first-order chi connectivity index (χ1) is 7.57. The van der Waals surface area contributed by atoms with Crippen molar-refractivity contribution in [2.24, 2.45) is 5.92 Å². The standard InChI is InChI=1S/C11H23NO3S/c1-3-10(4-2)8-12-16(13,14)9-11-6-5-7-15-11/h10-12H,3-9H2,1-2H3. The van der Waals surface area contributed by atoms with Gasteiger partial charge in [0.15, 0.2) is 0 Å². The van der Waals surface area contributed by atoms with Gasteiger partial charge in [-0.15, -0.1) is 0 Å². The highest BCUT2D eigenvalue weighted by atomic mass is 32.2.